The number of para-hydroxylation sites is 1. The van der Waals surface area contributed by atoms with Gasteiger partial charge in [0.15, 0.2) is 0 Å². The quantitative estimate of drug-likeness (QED) is 0.381. The van der Waals surface area contributed by atoms with E-state index in [1.54, 1.807) is 18.2 Å². The molecule has 0 saturated heterocycles. The van der Waals surface area contributed by atoms with Gasteiger partial charge in [0.25, 0.3) is 11.6 Å². The van der Waals surface area contributed by atoms with Gasteiger partial charge in [-0.25, -0.2) is 5.43 Å². The van der Waals surface area contributed by atoms with Crippen LogP contribution in [-0.4, -0.2) is 37.3 Å². The third-order valence-corrected chi connectivity index (χ3v) is 3.53. The van der Waals surface area contributed by atoms with Gasteiger partial charge in [-0.2, -0.15) is 9.90 Å². The van der Waals surface area contributed by atoms with Crippen LogP contribution in [0.4, 0.5) is 5.69 Å². The molecule has 0 aliphatic heterocycles. The van der Waals surface area contributed by atoms with Crippen molar-refractivity contribution in [3.8, 4) is 11.4 Å². The normalized spacial score (nSPS) is 11.1. The van der Waals surface area contributed by atoms with E-state index < -0.39 is 10.8 Å². The Hall–Kier alpha value is -4.21. The third-order valence-electron chi connectivity index (χ3n) is 3.53. The van der Waals surface area contributed by atoms with E-state index in [0.29, 0.717) is 11.4 Å². The molecule has 3 rings (SSSR count). The minimum atomic E-state index is -0.465. The van der Waals surface area contributed by atoms with Crippen molar-refractivity contribution >= 4 is 23.9 Å². The third kappa shape index (κ3) is 4.91. The van der Waals surface area contributed by atoms with Gasteiger partial charge < -0.3 is 0 Å². The van der Waals surface area contributed by atoms with E-state index in [4.69, 9.17) is 0 Å². The summed E-state index contributed by atoms with van der Waals surface area (Å²) in [6.45, 7) is -0.148. The van der Waals surface area contributed by atoms with Crippen molar-refractivity contribution in [2.75, 3.05) is 0 Å². The van der Waals surface area contributed by atoms with Crippen molar-refractivity contribution < 1.29 is 9.72 Å². The lowest BCUT2D eigenvalue weighted by molar-refractivity contribution is -0.385. The average molecular weight is 377 g/mol. The van der Waals surface area contributed by atoms with Gasteiger partial charge in [0, 0.05) is 17.8 Å². The highest BCUT2D eigenvalue weighted by atomic mass is 16.6. The first kappa shape index (κ1) is 18.6. The van der Waals surface area contributed by atoms with Gasteiger partial charge >= 0.3 is 0 Å². The second kappa shape index (κ2) is 8.94. The number of hydrogen-bond acceptors (Lipinski definition) is 7. The van der Waals surface area contributed by atoms with Gasteiger partial charge in [0.2, 0.25) is 5.82 Å². The number of tetrazole rings is 1. The molecule has 2 aromatic carbocycles. The molecule has 1 amide bonds. The molecule has 1 aromatic heterocycles. The van der Waals surface area contributed by atoms with E-state index in [0.717, 1.165) is 10.4 Å². The van der Waals surface area contributed by atoms with Crippen LogP contribution in [0.5, 0.6) is 0 Å². The number of hydrogen-bond donors (Lipinski definition) is 1. The summed E-state index contributed by atoms with van der Waals surface area (Å²) in [7, 11) is 0. The molecule has 0 radical (unpaired) electrons. The summed E-state index contributed by atoms with van der Waals surface area (Å²) >= 11 is 0. The number of nitrogens with one attached hydrogen (secondary N) is 1. The number of benzene rings is 2. The van der Waals surface area contributed by atoms with Crippen molar-refractivity contribution in [1.82, 2.24) is 25.6 Å². The van der Waals surface area contributed by atoms with Crippen LogP contribution in [0.25, 0.3) is 17.5 Å². The van der Waals surface area contributed by atoms with Gasteiger partial charge in [-0.05, 0) is 23.4 Å². The van der Waals surface area contributed by atoms with E-state index >= 15 is 0 Å². The average Bonchev–Trinajstić information content (AvgIpc) is 3.17. The number of carbonyl (C=O) groups is 1. The van der Waals surface area contributed by atoms with Crippen molar-refractivity contribution in [1.29, 1.82) is 0 Å². The molecular weight excluding hydrogens is 362 g/mol. The predicted molar refractivity (Wildman–Crippen MR) is 102 cm³/mol. The Balaban J connectivity index is 1.52. The summed E-state index contributed by atoms with van der Waals surface area (Å²) in [5.41, 5.74) is 3.54. The zero-order valence-corrected chi connectivity index (χ0v) is 14.5. The molecule has 28 heavy (non-hydrogen) atoms. The molecule has 140 valence electrons. The van der Waals surface area contributed by atoms with Crippen LogP contribution in [-0.2, 0) is 11.3 Å². The lowest BCUT2D eigenvalue weighted by atomic mass is 10.2. The summed E-state index contributed by atoms with van der Waals surface area (Å²) in [5.74, 6) is -0.0170. The molecule has 1 heterocycles. The van der Waals surface area contributed by atoms with Crippen molar-refractivity contribution in [2.45, 2.75) is 6.54 Å². The minimum absolute atomic E-state index is 0.0114. The van der Waals surface area contributed by atoms with E-state index in [-0.39, 0.29) is 12.2 Å². The van der Waals surface area contributed by atoms with Gasteiger partial charge in [-0.3, -0.25) is 14.9 Å². The highest BCUT2D eigenvalue weighted by Gasteiger charge is 2.09. The van der Waals surface area contributed by atoms with Gasteiger partial charge in [0.05, 0.1) is 10.5 Å². The predicted octanol–water partition coefficient (Wildman–Crippen LogP) is 2.06. The van der Waals surface area contributed by atoms with Crippen LogP contribution in [0.1, 0.15) is 5.56 Å². The van der Waals surface area contributed by atoms with Crippen LogP contribution >= 0.6 is 0 Å². The number of hydrazone groups is 1. The highest BCUT2D eigenvalue weighted by Crippen LogP contribution is 2.18. The summed E-state index contributed by atoms with van der Waals surface area (Å²) < 4.78 is 0. The Morgan fingerprint density at radius 1 is 1.18 bits per heavy atom. The molecule has 0 atom stereocenters. The van der Waals surface area contributed by atoms with E-state index in [1.165, 1.54) is 24.4 Å². The fourth-order valence-electron chi connectivity index (χ4n) is 2.27. The lowest BCUT2D eigenvalue weighted by Gasteiger charge is -1.97. The molecule has 10 heteroatoms. The Labute approximate surface area is 159 Å². The first-order valence-electron chi connectivity index (χ1n) is 8.19. The first-order valence-corrected chi connectivity index (χ1v) is 8.19. The maximum absolute atomic E-state index is 11.9. The Morgan fingerprint density at radius 2 is 1.93 bits per heavy atom. The Bertz CT molecular complexity index is 1030. The van der Waals surface area contributed by atoms with Crippen molar-refractivity contribution in [3.05, 3.63) is 76.4 Å². The summed E-state index contributed by atoms with van der Waals surface area (Å²) in [4.78, 5) is 23.5. The second-order valence-electron chi connectivity index (χ2n) is 5.50. The number of rotatable bonds is 7. The molecule has 0 spiro atoms. The maximum Gasteiger partial charge on any atom is 0.276 e. The molecule has 0 aliphatic carbocycles. The topological polar surface area (TPSA) is 128 Å². The molecule has 0 bridgehead atoms. The number of nitrogens with zero attached hydrogens (tertiary/aromatic N) is 6. The Kier molecular flexibility index (Phi) is 5.93. The zero-order valence-electron chi connectivity index (χ0n) is 14.5. The SMILES string of the molecule is O=C(Cn1nnc(-c2ccccc2)n1)NN=CC=Cc1ccccc1[N+](=O)[O-]. The summed E-state index contributed by atoms with van der Waals surface area (Å²) in [5, 5.41) is 26.5. The number of amides is 1. The highest BCUT2D eigenvalue weighted by molar-refractivity contribution is 5.82. The second-order valence-corrected chi connectivity index (χ2v) is 5.50. The fraction of sp³-hybridized carbons (Fsp3) is 0.0556. The van der Waals surface area contributed by atoms with Crippen LogP contribution in [0.3, 0.4) is 0 Å². The monoisotopic (exact) mass is 377 g/mol. The molecule has 0 unspecified atom stereocenters. The number of allylic oxidation sites excluding steroid dienone is 1. The molecule has 0 aliphatic rings. The van der Waals surface area contributed by atoms with Gasteiger partial charge in [-0.15, -0.1) is 10.2 Å². The molecular formula is C18H15N7O3. The van der Waals surface area contributed by atoms with Gasteiger partial charge in [-0.1, -0.05) is 42.5 Å². The van der Waals surface area contributed by atoms with Crippen molar-refractivity contribution in [2.24, 2.45) is 5.10 Å². The number of carbonyl (C=O) groups excluding carboxylic acids is 1. The molecule has 1 N–H and O–H groups in total. The fourth-order valence-corrected chi connectivity index (χ4v) is 2.27. The smallest absolute Gasteiger partial charge is 0.271 e. The maximum atomic E-state index is 11.9. The van der Waals surface area contributed by atoms with E-state index in [2.05, 4.69) is 25.9 Å². The standard InChI is InChI=1S/C18H15N7O3/c26-17(13-24-22-18(21-23-24)15-8-2-1-3-9-15)20-19-12-6-10-14-7-4-5-11-16(14)25(27)28/h1-12H,13H2,(H,20,26). The Morgan fingerprint density at radius 3 is 2.71 bits per heavy atom. The van der Waals surface area contributed by atoms with E-state index in [1.807, 2.05) is 30.3 Å². The number of nitro benzene ring substituents is 1. The van der Waals surface area contributed by atoms with Crippen LogP contribution in [0.2, 0.25) is 0 Å². The van der Waals surface area contributed by atoms with Crippen LogP contribution < -0.4 is 5.43 Å². The number of aromatic nitrogens is 4. The molecule has 10 nitrogen and oxygen atoms in total. The molecule has 0 saturated carbocycles. The molecule has 0 fully saturated rings. The van der Waals surface area contributed by atoms with Gasteiger partial charge in [0.1, 0.15) is 6.54 Å². The summed E-state index contributed by atoms with van der Waals surface area (Å²) in [6, 6.07) is 15.6. The lowest BCUT2D eigenvalue weighted by Crippen LogP contribution is -2.24. The van der Waals surface area contributed by atoms with Crippen LogP contribution in [0, 0.1) is 10.1 Å². The zero-order chi connectivity index (χ0) is 19.8. The van der Waals surface area contributed by atoms with Crippen LogP contribution in [0.15, 0.2) is 65.8 Å². The minimum Gasteiger partial charge on any atom is -0.271 e. The van der Waals surface area contributed by atoms with E-state index in [9.17, 15) is 14.9 Å². The molecule has 3 aromatic rings. The summed E-state index contributed by atoms with van der Waals surface area (Å²) in [6.07, 6.45) is 4.33. The first-order chi connectivity index (χ1) is 13.6. The number of nitro groups is 1. The van der Waals surface area contributed by atoms with Crippen molar-refractivity contribution in [3.63, 3.8) is 0 Å². The largest absolute Gasteiger partial charge is 0.276 e.